The molecular formula is C31H40N4O. The lowest BCUT2D eigenvalue weighted by atomic mass is 9.85. The number of ether oxygens (including phenoxy) is 1. The van der Waals surface area contributed by atoms with Crippen molar-refractivity contribution < 1.29 is 4.74 Å². The molecule has 1 aromatic carbocycles. The third kappa shape index (κ3) is 4.31. The molecule has 3 aliphatic heterocycles. The van der Waals surface area contributed by atoms with Crippen LogP contribution in [0, 0.1) is 5.92 Å². The fraction of sp³-hybridized carbons (Fsp3) is 0.548. The molecule has 1 N–H and O–H groups in total. The van der Waals surface area contributed by atoms with Gasteiger partial charge in [-0.25, -0.2) is 4.99 Å². The van der Waals surface area contributed by atoms with Crippen molar-refractivity contribution in [3.63, 3.8) is 0 Å². The number of aliphatic imine (C=N–C) groups is 2. The highest BCUT2D eigenvalue weighted by molar-refractivity contribution is 6.12. The Labute approximate surface area is 215 Å². The molecule has 5 nitrogen and oxygen atoms in total. The van der Waals surface area contributed by atoms with Gasteiger partial charge < -0.3 is 9.72 Å². The fourth-order valence-electron chi connectivity index (χ4n) is 6.49. The Morgan fingerprint density at radius 2 is 1.83 bits per heavy atom. The van der Waals surface area contributed by atoms with Crippen LogP contribution in [-0.2, 0) is 4.74 Å². The van der Waals surface area contributed by atoms with Crippen LogP contribution >= 0.6 is 0 Å². The molecule has 1 unspecified atom stereocenters. The van der Waals surface area contributed by atoms with Gasteiger partial charge in [-0.05, 0) is 97.0 Å². The first-order valence-electron chi connectivity index (χ1n) is 14.0. The molecule has 0 saturated carbocycles. The Kier molecular flexibility index (Phi) is 6.47. The van der Waals surface area contributed by atoms with Crippen LogP contribution in [0.5, 0.6) is 0 Å². The molecule has 6 rings (SSSR count). The first-order valence-corrected chi connectivity index (χ1v) is 14.0. The number of hydrogen-bond donors (Lipinski definition) is 1. The van der Waals surface area contributed by atoms with Crippen molar-refractivity contribution in [2.45, 2.75) is 77.3 Å². The van der Waals surface area contributed by atoms with Crippen LogP contribution in [0.25, 0.3) is 16.5 Å². The summed E-state index contributed by atoms with van der Waals surface area (Å²) in [5.41, 5.74) is 9.29. The number of allylic oxidation sites excluding steroid dienone is 3. The highest BCUT2D eigenvalue weighted by Crippen LogP contribution is 2.39. The van der Waals surface area contributed by atoms with Gasteiger partial charge in [0.15, 0.2) is 0 Å². The van der Waals surface area contributed by atoms with E-state index in [4.69, 9.17) is 4.74 Å². The molecule has 2 fully saturated rings. The van der Waals surface area contributed by atoms with Gasteiger partial charge in [0, 0.05) is 16.6 Å². The van der Waals surface area contributed by atoms with Gasteiger partial charge in [-0.1, -0.05) is 39.8 Å². The zero-order valence-electron chi connectivity index (χ0n) is 22.3. The third-order valence-electron chi connectivity index (χ3n) is 8.66. The summed E-state index contributed by atoms with van der Waals surface area (Å²) < 4.78 is 5.42. The minimum Gasteiger partial charge on any atom is -0.378 e. The summed E-state index contributed by atoms with van der Waals surface area (Å²) in [5.74, 6) is 1.49. The van der Waals surface area contributed by atoms with E-state index < -0.39 is 0 Å². The second-order valence-corrected chi connectivity index (χ2v) is 11.7. The molecule has 5 heteroatoms. The number of fused-ring (bicyclic) bond motifs is 2. The molecule has 4 aliphatic rings. The normalized spacial score (nSPS) is 26.8. The predicted octanol–water partition coefficient (Wildman–Crippen LogP) is 6.48. The van der Waals surface area contributed by atoms with Crippen molar-refractivity contribution in [3.05, 3.63) is 52.7 Å². The van der Waals surface area contributed by atoms with Gasteiger partial charge in [0.1, 0.15) is 6.34 Å². The SMILES string of the molecule is CC(C)/C1=C/C(c2[nH]c3ccc(C4CCN(C5COC5)CC4)cc3c2C(C)C)=C\CCC2N=CN=C12. The van der Waals surface area contributed by atoms with E-state index in [-0.39, 0.29) is 6.04 Å². The minimum absolute atomic E-state index is 0.217. The van der Waals surface area contributed by atoms with E-state index in [0.29, 0.717) is 23.8 Å². The maximum Gasteiger partial charge on any atom is 0.111 e. The minimum atomic E-state index is 0.217. The fourth-order valence-corrected chi connectivity index (χ4v) is 6.49. The molecule has 2 aromatic rings. The van der Waals surface area contributed by atoms with E-state index in [1.807, 2.05) is 0 Å². The number of rotatable bonds is 5. The third-order valence-corrected chi connectivity index (χ3v) is 8.66. The van der Waals surface area contributed by atoms with E-state index >= 15 is 0 Å². The van der Waals surface area contributed by atoms with Gasteiger partial charge in [0.25, 0.3) is 0 Å². The Morgan fingerprint density at radius 3 is 2.53 bits per heavy atom. The molecule has 2 saturated heterocycles. The lowest BCUT2D eigenvalue weighted by Gasteiger charge is -2.41. The number of aromatic nitrogens is 1. The standard InChI is InChI=1S/C31H40N4O/c1-19(2)25-15-23(6-5-7-28-31(25)33-18-32-28)30-29(20(3)4)26-14-22(8-9-27(26)34-30)21-10-12-35(13-11-21)24-16-36-17-24/h6,8-9,14-15,18-21,24,28,34H,5,7,10-13,16-17H2,1-4H3/b23-6+,25-15-. The van der Waals surface area contributed by atoms with Crippen molar-refractivity contribution in [2.75, 3.05) is 26.3 Å². The maximum absolute atomic E-state index is 5.42. The van der Waals surface area contributed by atoms with Crippen LogP contribution < -0.4 is 0 Å². The monoisotopic (exact) mass is 484 g/mol. The average Bonchev–Trinajstić information content (AvgIpc) is 3.42. The Balaban J connectivity index is 1.35. The molecule has 0 radical (unpaired) electrons. The van der Waals surface area contributed by atoms with Gasteiger partial charge >= 0.3 is 0 Å². The number of aromatic amines is 1. The number of piperidine rings is 1. The molecule has 4 heterocycles. The highest BCUT2D eigenvalue weighted by atomic mass is 16.5. The van der Waals surface area contributed by atoms with Crippen LogP contribution in [0.1, 0.15) is 82.0 Å². The smallest absolute Gasteiger partial charge is 0.111 e. The summed E-state index contributed by atoms with van der Waals surface area (Å²) in [6.07, 6.45) is 11.1. The van der Waals surface area contributed by atoms with Crippen LogP contribution in [-0.4, -0.2) is 60.3 Å². The number of nitrogens with one attached hydrogen (secondary N) is 1. The molecule has 0 spiro atoms. The number of hydrogen-bond acceptors (Lipinski definition) is 4. The summed E-state index contributed by atoms with van der Waals surface area (Å²) in [4.78, 5) is 15.8. The first kappa shape index (κ1) is 23.9. The average molecular weight is 485 g/mol. The van der Waals surface area contributed by atoms with Gasteiger partial charge in [-0.2, -0.15) is 0 Å². The van der Waals surface area contributed by atoms with Crippen molar-refractivity contribution in [1.82, 2.24) is 9.88 Å². The van der Waals surface area contributed by atoms with Crippen LogP contribution in [0.3, 0.4) is 0 Å². The highest BCUT2D eigenvalue weighted by Gasteiger charge is 2.31. The van der Waals surface area contributed by atoms with Gasteiger partial charge in [-0.3, -0.25) is 9.89 Å². The summed E-state index contributed by atoms with van der Waals surface area (Å²) in [6.45, 7) is 13.4. The number of likely N-dealkylation sites (tertiary alicyclic amines) is 1. The second-order valence-electron chi connectivity index (χ2n) is 11.7. The van der Waals surface area contributed by atoms with Crippen molar-refractivity contribution in [3.8, 4) is 0 Å². The van der Waals surface area contributed by atoms with E-state index in [0.717, 1.165) is 26.1 Å². The molecule has 0 bridgehead atoms. The van der Waals surface area contributed by atoms with E-state index in [1.165, 1.54) is 70.5 Å². The summed E-state index contributed by atoms with van der Waals surface area (Å²) in [5, 5.41) is 1.40. The van der Waals surface area contributed by atoms with E-state index in [1.54, 1.807) is 6.34 Å². The van der Waals surface area contributed by atoms with E-state index in [2.05, 4.69) is 77.9 Å². The molecule has 190 valence electrons. The van der Waals surface area contributed by atoms with Crippen LogP contribution in [0.2, 0.25) is 0 Å². The molecule has 1 aliphatic carbocycles. The zero-order chi connectivity index (χ0) is 24.8. The molecular weight excluding hydrogens is 444 g/mol. The lowest BCUT2D eigenvalue weighted by Crippen LogP contribution is -2.51. The predicted molar refractivity (Wildman–Crippen MR) is 150 cm³/mol. The quantitative estimate of drug-likeness (QED) is 0.528. The Hall–Kier alpha value is -2.50. The molecule has 1 atom stereocenters. The summed E-state index contributed by atoms with van der Waals surface area (Å²) in [7, 11) is 0. The Bertz CT molecular complexity index is 1250. The van der Waals surface area contributed by atoms with Gasteiger partial charge in [0.2, 0.25) is 0 Å². The topological polar surface area (TPSA) is 53.0 Å². The van der Waals surface area contributed by atoms with Gasteiger partial charge in [-0.15, -0.1) is 0 Å². The number of nitrogens with zero attached hydrogens (tertiary/aromatic N) is 3. The first-order chi connectivity index (χ1) is 17.5. The summed E-state index contributed by atoms with van der Waals surface area (Å²) >= 11 is 0. The number of benzene rings is 1. The lowest BCUT2D eigenvalue weighted by molar-refractivity contribution is -0.0712. The summed E-state index contributed by atoms with van der Waals surface area (Å²) in [6, 6.07) is 8.07. The molecule has 36 heavy (non-hydrogen) atoms. The largest absolute Gasteiger partial charge is 0.378 e. The van der Waals surface area contributed by atoms with Crippen molar-refractivity contribution in [2.24, 2.45) is 15.9 Å². The van der Waals surface area contributed by atoms with E-state index in [9.17, 15) is 0 Å². The Morgan fingerprint density at radius 1 is 1.03 bits per heavy atom. The second kappa shape index (κ2) is 9.75. The van der Waals surface area contributed by atoms with Crippen LogP contribution in [0.4, 0.5) is 0 Å². The van der Waals surface area contributed by atoms with Crippen molar-refractivity contribution >= 4 is 28.5 Å². The molecule has 1 aromatic heterocycles. The van der Waals surface area contributed by atoms with Gasteiger partial charge in [0.05, 0.1) is 31.0 Å². The maximum atomic E-state index is 5.42. The van der Waals surface area contributed by atoms with Crippen LogP contribution in [0.15, 0.2) is 45.9 Å². The number of H-pyrrole nitrogens is 1. The van der Waals surface area contributed by atoms with Crippen molar-refractivity contribution in [1.29, 1.82) is 0 Å². The molecule has 0 amide bonds. The zero-order valence-corrected chi connectivity index (χ0v) is 22.3.